The highest BCUT2D eigenvalue weighted by Gasteiger charge is 2.22. The number of carbonyl (C=O) groups excluding carboxylic acids is 1. The van der Waals surface area contributed by atoms with E-state index in [2.05, 4.69) is 13.2 Å². The summed E-state index contributed by atoms with van der Waals surface area (Å²) in [5, 5.41) is 8.51. The van der Waals surface area contributed by atoms with Crippen LogP contribution in [0, 0.1) is 11.8 Å². The Balaban J connectivity index is 4.44. The van der Waals surface area contributed by atoms with Crippen LogP contribution in [0.3, 0.4) is 0 Å². The number of rotatable bonds is 5. The molecule has 11 heavy (non-hydrogen) atoms. The Labute approximate surface area is 65.0 Å². The zero-order valence-electron chi connectivity index (χ0n) is 5.99. The minimum atomic E-state index is -1.09. The van der Waals surface area contributed by atoms with Crippen LogP contribution in [0.5, 0.6) is 0 Å². The quantitative estimate of drug-likeness (QED) is 0.594. The Hall–Kier alpha value is -1.38. The van der Waals surface area contributed by atoms with E-state index in [1.165, 1.54) is 12.2 Å². The lowest BCUT2D eigenvalue weighted by atomic mass is 9.94. The smallest absolute Gasteiger partial charge is 0.311 e. The van der Waals surface area contributed by atoms with Crippen LogP contribution in [0.25, 0.3) is 0 Å². The molecule has 59 valence electrons. The van der Waals surface area contributed by atoms with Crippen LogP contribution in [0.4, 0.5) is 0 Å². The predicted molar refractivity (Wildman–Crippen MR) is 40.7 cm³/mol. The molecule has 0 aliphatic heterocycles. The second kappa shape index (κ2) is 4.44. The summed E-state index contributed by atoms with van der Waals surface area (Å²) in [6.45, 7) is 6.60. The number of allylic oxidation sites excluding steroid dienone is 1. The molecule has 2 atom stereocenters. The van der Waals surface area contributed by atoms with Gasteiger partial charge < -0.3 is 5.11 Å². The molecule has 0 saturated heterocycles. The fraction of sp³-hybridized carbons (Fsp3) is 0.250. The molecule has 1 N–H and O–H groups in total. The summed E-state index contributed by atoms with van der Waals surface area (Å²) in [5.41, 5.74) is 0. The van der Waals surface area contributed by atoms with Crippen molar-refractivity contribution in [2.24, 2.45) is 11.8 Å². The van der Waals surface area contributed by atoms with Crippen LogP contribution in [-0.2, 0) is 9.59 Å². The molecule has 0 aromatic rings. The molecule has 0 heterocycles. The van der Waals surface area contributed by atoms with E-state index in [0.29, 0.717) is 0 Å². The lowest BCUT2D eigenvalue weighted by Gasteiger charge is -2.08. The van der Waals surface area contributed by atoms with Gasteiger partial charge in [-0.25, -0.2) is 0 Å². The predicted octanol–water partition coefficient (Wildman–Crippen LogP) is 0.785. The Morgan fingerprint density at radius 3 is 2.09 bits per heavy atom. The monoisotopic (exact) mass is 153 g/mol. The second-order valence-electron chi connectivity index (χ2n) is 1.98. The van der Waals surface area contributed by atoms with Gasteiger partial charge in [0.1, 0.15) is 0 Å². The molecule has 0 amide bonds. The Morgan fingerprint density at radius 2 is 2.00 bits per heavy atom. The van der Waals surface area contributed by atoms with Crippen molar-refractivity contribution in [3.8, 4) is 0 Å². The van der Waals surface area contributed by atoms with Gasteiger partial charge >= 0.3 is 5.97 Å². The maximum absolute atomic E-state index is 10.4. The van der Waals surface area contributed by atoms with Crippen LogP contribution in [0.2, 0.25) is 0 Å². The molecule has 0 spiro atoms. The third-order valence-corrected chi connectivity index (χ3v) is 1.32. The summed E-state index contributed by atoms with van der Waals surface area (Å²) < 4.78 is 0. The van der Waals surface area contributed by atoms with Crippen LogP contribution < -0.4 is 0 Å². The van der Waals surface area contributed by atoms with Crippen molar-refractivity contribution in [3.05, 3.63) is 25.3 Å². The van der Waals surface area contributed by atoms with Gasteiger partial charge in [-0.3, -0.25) is 9.59 Å². The van der Waals surface area contributed by atoms with Crippen molar-refractivity contribution >= 4 is 12.3 Å². The van der Waals surface area contributed by atoms with E-state index in [1.807, 2.05) is 0 Å². The fourth-order valence-corrected chi connectivity index (χ4v) is 0.669. The van der Waals surface area contributed by atoms with Crippen LogP contribution in [-0.4, -0.2) is 17.4 Å². The van der Waals surface area contributed by atoms with Crippen LogP contribution in [0.15, 0.2) is 25.3 Å². The Bertz CT molecular complexity index is 176. The highest BCUT2D eigenvalue weighted by atomic mass is 16.4. The van der Waals surface area contributed by atoms with Crippen molar-refractivity contribution in [2.75, 3.05) is 0 Å². The van der Waals surface area contributed by atoms with Gasteiger partial charge in [-0.2, -0.15) is 0 Å². The van der Waals surface area contributed by atoms with Crippen molar-refractivity contribution in [1.29, 1.82) is 0 Å². The Kier molecular flexibility index (Phi) is 3.88. The average Bonchev–Trinajstić information content (AvgIpc) is 1.99. The van der Waals surface area contributed by atoms with E-state index in [0.717, 1.165) is 0 Å². The van der Waals surface area contributed by atoms with E-state index < -0.39 is 17.8 Å². The minimum Gasteiger partial charge on any atom is -0.481 e. The van der Waals surface area contributed by atoms with Crippen molar-refractivity contribution in [3.63, 3.8) is 0 Å². The van der Waals surface area contributed by atoms with Crippen molar-refractivity contribution < 1.29 is 14.7 Å². The number of aliphatic carboxylic acids is 1. The molecule has 3 nitrogen and oxygen atoms in total. The molecule has 0 aliphatic carbocycles. The van der Waals surface area contributed by atoms with Gasteiger partial charge in [0.2, 0.25) is 6.29 Å². The summed E-state index contributed by atoms with van der Waals surface area (Å²) in [7, 11) is 0. The summed E-state index contributed by atoms with van der Waals surface area (Å²) >= 11 is 0. The average molecular weight is 153 g/mol. The van der Waals surface area contributed by atoms with Gasteiger partial charge in [-0.05, 0) is 0 Å². The van der Waals surface area contributed by atoms with Crippen LogP contribution >= 0.6 is 0 Å². The van der Waals surface area contributed by atoms with Crippen LogP contribution in [0.1, 0.15) is 0 Å². The van der Waals surface area contributed by atoms with Gasteiger partial charge in [-0.15, -0.1) is 13.2 Å². The molecule has 0 rings (SSSR count). The molecular weight excluding hydrogens is 144 g/mol. The molecule has 1 radical (unpaired) electrons. The zero-order valence-corrected chi connectivity index (χ0v) is 5.99. The first-order valence-corrected chi connectivity index (χ1v) is 3.03. The maximum atomic E-state index is 10.4. The van der Waals surface area contributed by atoms with Gasteiger partial charge in [-0.1, -0.05) is 12.2 Å². The normalized spacial score (nSPS) is 14.5. The number of hydrogen-bond acceptors (Lipinski definition) is 2. The molecule has 0 saturated carbocycles. The molecule has 2 unspecified atom stereocenters. The third-order valence-electron chi connectivity index (χ3n) is 1.32. The third kappa shape index (κ3) is 2.37. The molecular formula is C8H9O3. The first-order chi connectivity index (χ1) is 5.17. The van der Waals surface area contributed by atoms with E-state index >= 15 is 0 Å². The standard InChI is InChI=1S/C8H9O3/c1-3-6(5-9)7(4-2)8(10)11/h3-4,6-7H,1-2H2,(H,10,11). The molecule has 0 bridgehead atoms. The summed E-state index contributed by atoms with van der Waals surface area (Å²) in [5.74, 6) is -2.80. The van der Waals surface area contributed by atoms with E-state index in [9.17, 15) is 9.59 Å². The molecule has 0 aromatic carbocycles. The van der Waals surface area contributed by atoms with Crippen molar-refractivity contribution in [2.45, 2.75) is 0 Å². The molecule has 3 heteroatoms. The van der Waals surface area contributed by atoms with E-state index in [-0.39, 0.29) is 0 Å². The number of carboxylic acids is 1. The lowest BCUT2D eigenvalue weighted by Crippen LogP contribution is -2.20. The molecule has 0 fully saturated rings. The molecule has 0 aliphatic rings. The zero-order chi connectivity index (χ0) is 8.85. The molecule has 0 aromatic heterocycles. The second-order valence-corrected chi connectivity index (χ2v) is 1.98. The highest BCUT2D eigenvalue weighted by molar-refractivity contribution is 5.77. The Morgan fingerprint density at radius 1 is 1.45 bits per heavy atom. The van der Waals surface area contributed by atoms with Crippen molar-refractivity contribution in [1.82, 2.24) is 0 Å². The van der Waals surface area contributed by atoms with Gasteiger partial charge in [0.25, 0.3) is 0 Å². The summed E-state index contributed by atoms with van der Waals surface area (Å²) in [6.07, 6.45) is 4.00. The number of hydrogen-bond donors (Lipinski definition) is 1. The topological polar surface area (TPSA) is 54.4 Å². The summed E-state index contributed by atoms with van der Waals surface area (Å²) in [4.78, 5) is 20.5. The number of carbonyl (C=O) groups is 1. The van der Waals surface area contributed by atoms with Gasteiger partial charge in [0.15, 0.2) is 0 Å². The van der Waals surface area contributed by atoms with Gasteiger partial charge in [0.05, 0.1) is 11.8 Å². The van der Waals surface area contributed by atoms with E-state index in [1.54, 1.807) is 6.29 Å². The summed E-state index contributed by atoms with van der Waals surface area (Å²) in [6, 6.07) is 0. The SMILES string of the molecule is C=CC([C]=O)C(C=C)C(=O)O. The minimum absolute atomic E-state index is 0.801. The van der Waals surface area contributed by atoms with E-state index in [4.69, 9.17) is 5.11 Å². The first kappa shape index (κ1) is 9.62. The largest absolute Gasteiger partial charge is 0.481 e. The van der Waals surface area contributed by atoms with Gasteiger partial charge in [0, 0.05) is 0 Å². The maximum Gasteiger partial charge on any atom is 0.311 e. The highest BCUT2D eigenvalue weighted by Crippen LogP contribution is 2.11. The number of carboxylic acid groups (broad SMARTS) is 1. The first-order valence-electron chi connectivity index (χ1n) is 3.03. The lowest BCUT2D eigenvalue weighted by molar-refractivity contribution is -0.140. The fourth-order valence-electron chi connectivity index (χ4n) is 0.669.